The molecule has 0 radical (unpaired) electrons. The SMILES string of the molecule is CCOc1nc2cccc(C(=O)NCC3CCCCC3)c2n1Cc1ccc(-c2ccccc2-c2nn[nH]n2)cc1. The Morgan fingerprint density at radius 2 is 1.80 bits per heavy atom. The van der Waals surface area contributed by atoms with E-state index in [1.807, 2.05) is 47.9 Å². The number of rotatable bonds is 9. The van der Waals surface area contributed by atoms with Crippen molar-refractivity contribution in [3.63, 3.8) is 0 Å². The highest BCUT2D eigenvalue weighted by Crippen LogP contribution is 2.31. The zero-order chi connectivity index (χ0) is 27.3. The topological polar surface area (TPSA) is 111 Å². The normalized spacial score (nSPS) is 13.9. The van der Waals surface area contributed by atoms with E-state index in [-0.39, 0.29) is 5.91 Å². The van der Waals surface area contributed by atoms with Gasteiger partial charge in [-0.3, -0.25) is 9.36 Å². The van der Waals surface area contributed by atoms with E-state index in [4.69, 9.17) is 9.72 Å². The van der Waals surface area contributed by atoms with Gasteiger partial charge in [0.2, 0.25) is 5.82 Å². The van der Waals surface area contributed by atoms with Crippen molar-refractivity contribution in [1.29, 1.82) is 0 Å². The van der Waals surface area contributed by atoms with E-state index in [9.17, 15) is 4.79 Å². The third-order valence-corrected chi connectivity index (χ3v) is 7.64. The molecule has 1 aliphatic carbocycles. The number of aromatic nitrogens is 6. The van der Waals surface area contributed by atoms with Crippen LogP contribution in [0.3, 0.4) is 0 Å². The van der Waals surface area contributed by atoms with E-state index in [2.05, 4.69) is 56.3 Å². The van der Waals surface area contributed by atoms with Gasteiger partial charge in [0.05, 0.1) is 29.7 Å². The maximum absolute atomic E-state index is 13.4. The minimum atomic E-state index is -0.0613. The Morgan fingerprint density at radius 3 is 2.55 bits per heavy atom. The van der Waals surface area contributed by atoms with Gasteiger partial charge in [0.15, 0.2) is 0 Å². The number of nitrogens with one attached hydrogen (secondary N) is 2. The molecule has 3 aromatic carbocycles. The van der Waals surface area contributed by atoms with E-state index in [1.54, 1.807) is 0 Å². The molecule has 9 heteroatoms. The van der Waals surface area contributed by atoms with Crippen LogP contribution in [0.1, 0.15) is 54.9 Å². The highest BCUT2D eigenvalue weighted by atomic mass is 16.5. The number of nitrogens with zero attached hydrogens (tertiary/aromatic N) is 5. The molecule has 1 aliphatic rings. The number of ether oxygens (including phenoxy) is 1. The number of hydrogen-bond acceptors (Lipinski definition) is 6. The zero-order valence-electron chi connectivity index (χ0n) is 22.6. The Bertz CT molecular complexity index is 1590. The van der Waals surface area contributed by atoms with Crippen LogP contribution in [0.4, 0.5) is 0 Å². The van der Waals surface area contributed by atoms with Gasteiger partial charge in [-0.15, -0.1) is 10.2 Å². The van der Waals surface area contributed by atoms with Crippen LogP contribution in [0.2, 0.25) is 0 Å². The van der Waals surface area contributed by atoms with E-state index in [1.165, 1.54) is 32.1 Å². The molecular formula is C31H33N7O2. The average Bonchev–Trinajstić information content (AvgIpc) is 3.66. The number of hydrogen-bond donors (Lipinski definition) is 2. The monoisotopic (exact) mass is 535 g/mol. The van der Waals surface area contributed by atoms with Crippen molar-refractivity contribution in [3.05, 3.63) is 77.9 Å². The Labute approximate surface area is 233 Å². The number of carbonyl (C=O) groups excluding carboxylic acids is 1. The van der Waals surface area contributed by atoms with Crippen LogP contribution in [0.25, 0.3) is 33.5 Å². The van der Waals surface area contributed by atoms with E-state index in [0.29, 0.717) is 43.0 Å². The molecule has 0 aliphatic heterocycles. The first-order valence-corrected chi connectivity index (χ1v) is 14.0. The number of benzene rings is 3. The molecule has 2 N–H and O–H groups in total. The highest BCUT2D eigenvalue weighted by molar-refractivity contribution is 6.05. The second-order valence-electron chi connectivity index (χ2n) is 10.3. The molecule has 40 heavy (non-hydrogen) atoms. The number of tetrazole rings is 1. The second-order valence-corrected chi connectivity index (χ2v) is 10.3. The number of H-pyrrole nitrogens is 1. The summed E-state index contributed by atoms with van der Waals surface area (Å²) in [5.74, 6) is 1.05. The van der Waals surface area contributed by atoms with Gasteiger partial charge in [-0.25, -0.2) is 0 Å². The van der Waals surface area contributed by atoms with Crippen LogP contribution < -0.4 is 10.1 Å². The third kappa shape index (κ3) is 5.32. The summed E-state index contributed by atoms with van der Waals surface area (Å²) >= 11 is 0. The molecule has 1 amide bonds. The van der Waals surface area contributed by atoms with Gasteiger partial charge in [-0.2, -0.15) is 10.2 Å². The predicted molar refractivity (Wildman–Crippen MR) is 154 cm³/mol. The van der Waals surface area contributed by atoms with E-state index >= 15 is 0 Å². The zero-order valence-corrected chi connectivity index (χ0v) is 22.6. The molecule has 5 aromatic rings. The molecule has 2 aromatic heterocycles. The second kappa shape index (κ2) is 11.7. The van der Waals surface area contributed by atoms with Crippen LogP contribution in [0.5, 0.6) is 6.01 Å². The third-order valence-electron chi connectivity index (χ3n) is 7.64. The molecule has 0 unspecified atom stereocenters. The largest absolute Gasteiger partial charge is 0.465 e. The fourth-order valence-electron chi connectivity index (χ4n) is 5.64. The van der Waals surface area contributed by atoms with Crippen molar-refractivity contribution in [2.24, 2.45) is 5.92 Å². The van der Waals surface area contributed by atoms with Crippen LogP contribution in [-0.4, -0.2) is 49.2 Å². The minimum absolute atomic E-state index is 0.0613. The molecular weight excluding hydrogens is 502 g/mol. The van der Waals surface area contributed by atoms with Crippen molar-refractivity contribution < 1.29 is 9.53 Å². The summed E-state index contributed by atoms with van der Waals surface area (Å²) in [6.07, 6.45) is 6.18. The fourth-order valence-corrected chi connectivity index (χ4v) is 5.64. The molecule has 0 spiro atoms. The first kappa shape index (κ1) is 25.7. The average molecular weight is 536 g/mol. The molecule has 0 bridgehead atoms. The Balaban J connectivity index is 1.29. The number of imidazole rings is 1. The quantitative estimate of drug-likeness (QED) is 0.253. The Kier molecular flexibility index (Phi) is 7.52. The van der Waals surface area contributed by atoms with Gasteiger partial charge < -0.3 is 10.1 Å². The highest BCUT2D eigenvalue weighted by Gasteiger charge is 2.21. The summed E-state index contributed by atoms with van der Waals surface area (Å²) in [6.45, 7) is 3.66. The fraction of sp³-hybridized carbons (Fsp3) is 0.323. The van der Waals surface area contributed by atoms with Crippen molar-refractivity contribution >= 4 is 16.9 Å². The lowest BCUT2D eigenvalue weighted by atomic mass is 9.89. The molecule has 2 heterocycles. The summed E-state index contributed by atoms with van der Waals surface area (Å²) in [6, 6.07) is 22.6. The molecule has 204 valence electrons. The molecule has 1 fully saturated rings. The van der Waals surface area contributed by atoms with Gasteiger partial charge in [0, 0.05) is 12.1 Å². The molecule has 1 saturated carbocycles. The number of fused-ring (bicyclic) bond motifs is 1. The smallest absolute Gasteiger partial charge is 0.297 e. The lowest BCUT2D eigenvalue weighted by Gasteiger charge is -2.21. The van der Waals surface area contributed by atoms with Crippen molar-refractivity contribution in [2.75, 3.05) is 13.2 Å². The predicted octanol–water partition coefficient (Wildman–Crippen LogP) is 5.64. The lowest BCUT2D eigenvalue weighted by Crippen LogP contribution is -2.30. The maximum Gasteiger partial charge on any atom is 0.297 e. The molecule has 0 saturated heterocycles. The summed E-state index contributed by atoms with van der Waals surface area (Å²) < 4.78 is 7.94. The summed E-state index contributed by atoms with van der Waals surface area (Å²) in [4.78, 5) is 18.1. The Hall–Kier alpha value is -4.53. The van der Waals surface area contributed by atoms with E-state index in [0.717, 1.165) is 33.3 Å². The number of carbonyl (C=O) groups is 1. The van der Waals surface area contributed by atoms with Crippen LogP contribution >= 0.6 is 0 Å². The number of amides is 1. The Morgan fingerprint density at radius 1 is 1.00 bits per heavy atom. The summed E-state index contributed by atoms with van der Waals surface area (Å²) in [5, 5.41) is 17.7. The van der Waals surface area contributed by atoms with Crippen molar-refractivity contribution in [1.82, 2.24) is 35.5 Å². The van der Waals surface area contributed by atoms with Gasteiger partial charge in [-0.1, -0.05) is 73.9 Å². The van der Waals surface area contributed by atoms with Crippen LogP contribution in [-0.2, 0) is 6.54 Å². The van der Waals surface area contributed by atoms with Crippen molar-refractivity contribution in [3.8, 4) is 28.5 Å². The summed E-state index contributed by atoms with van der Waals surface area (Å²) in [5.41, 5.74) is 6.21. The van der Waals surface area contributed by atoms with E-state index < -0.39 is 0 Å². The first-order valence-electron chi connectivity index (χ1n) is 14.0. The van der Waals surface area contributed by atoms with Gasteiger partial charge in [0.25, 0.3) is 11.9 Å². The number of aromatic amines is 1. The van der Waals surface area contributed by atoms with Gasteiger partial charge >= 0.3 is 0 Å². The summed E-state index contributed by atoms with van der Waals surface area (Å²) in [7, 11) is 0. The standard InChI is InChI=1S/C31H33N7O2/c1-2-40-31-33-27-14-8-13-26(30(39)32-19-21-9-4-3-5-10-21)28(27)38(31)20-22-15-17-23(18-16-22)24-11-6-7-12-25(24)29-34-36-37-35-29/h6-8,11-18,21H,2-5,9-10,19-20H2,1H3,(H,32,39)(H,34,35,36,37). The lowest BCUT2D eigenvalue weighted by molar-refractivity contribution is 0.0945. The number of para-hydroxylation sites is 1. The maximum atomic E-state index is 13.4. The van der Waals surface area contributed by atoms with Crippen molar-refractivity contribution in [2.45, 2.75) is 45.6 Å². The van der Waals surface area contributed by atoms with Gasteiger partial charge in [-0.05, 0) is 59.7 Å². The first-order chi connectivity index (χ1) is 19.7. The van der Waals surface area contributed by atoms with Gasteiger partial charge in [0.1, 0.15) is 0 Å². The minimum Gasteiger partial charge on any atom is -0.465 e. The molecule has 0 atom stereocenters. The molecule has 6 rings (SSSR count). The van der Waals surface area contributed by atoms with Crippen LogP contribution in [0.15, 0.2) is 66.7 Å². The molecule has 9 nitrogen and oxygen atoms in total. The van der Waals surface area contributed by atoms with Crippen LogP contribution in [0, 0.1) is 5.92 Å².